The van der Waals surface area contributed by atoms with E-state index in [0.717, 1.165) is 5.56 Å². The van der Waals surface area contributed by atoms with E-state index in [2.05, 4.69) is 20.8 Å². The molecule has 1 nitrogen and oxygen atoms in total. The van der Waals surface area contributed by atoms with Crippen molar-refractivity contribution >= 4 is 0 Å². The Morgan fingerprint density at radius 1 is 1.08 bits per heavy atom. The summed E-state index contributed by atoms with van der Waals surface area (Å²) in [5.74, 6) is 0.389. The molecule has 0 aliphatic heterocycles. The molecule has 12 heavy (non-hydrogen) atoms. The van der Waals surface area contributed by atoms with E-state index in [0.29, 0.717) is 5.75 Å². The molecule has 1 rings (SSSR count). The largest absolute Gasteiger partial charge is 0.508 e. The van der Waals surface area contributed by atoms with Gasteiger partial charge in [0.2, 0.25) is 0 Å². The van der Waals surface area contributed by atoms with Gasteiger partial charge in [-0.05, 0) is 17.0 Å². The molecule has 1 radical (unpaired) electrons. The van der Waals surface area contributed by atoms with Crippen molar-refractivity contribution in [2.75, 3.05) is 0 Å². The molecule has 67 valence electrons. The molecule has 1 aromatic carbocycles. The summed E-state index contributed by atoms with van der Waals surface area (Å²) in [5.41, 5.74) is 1.03. The number of hydrogen-bond donors (Lipinski definition) is 1. The number of para-hydroxylation sites is 1. The molecule has 0 saturated carbocycles. The summed E-state index contributed by atoms with van der Waals surface area (Å²) < 4.78 is 0. The second kappa shape index (κ2) is 4.07. The van der Waals surface area contributed by atoms with E-state index in [1.54, 1.807) is 6.07 Å². The fraction of sp³-hybridized carbons (Fsp3) is 0.400. The summed E-state index contributed by atoms with van der Waals surface area (Å²) in [7, 11) is 0. The van der Waals surface area contributed by atoms with Crippen LogP contribution in [0, 0.1) is 0 Å². The number of aromatic hydroxyl groups is 1. The first-order valence-corrected chi connectivity index (χ1v) is 3.80. The van der Waals surface area contributed by atoms with Crippen molar-refractivity contribution in [3.05, 3.63) is 29.8 Å². The van der Waals surface area contributed by atoms with Crippen LogP contribution in [0.15, 0.2) is 24.3 Å². The van der Waals surface area contributed by atoms with Gasteiger partial charge < -0.3 is 5.11 Å². The molecule has 0 saturated heterocycles. The maximum absolute atomic E-state index is 9.45. The normalized spacial score (nSPS) is 10.6. The van der Waals surface area contributed by atoms with Crippen LogP contribution in [0.3, 0.4) is 0 Å². The summed E-state index contributed by atoms with van der Waals surface area (Å²) in [6, 6.07) is 7.46. The molecule has 2 heteroatoms. The Kier molecular flexibility index (Phi) is 3.96. The Morgan fingerprint density at radius 2 is 1.58 bits per heavy atom. The molecule has 0 aliphatic rings. The molecule has 0 unspecified atom stereocenters. The fourth-order valence-corrected chi connectivity index (χ4v) is 1.11. The van der Waals surface area contributed by atoms with Gasteiger partial charge in [-0.15, -0.1) is 0 Å². The van der Waals surface area contributed by atoms with Gasteiger partial charge in [-0.3, -0.25) is 0 Å². The molecule has 0 spiro atoms. The van der Waals surface area contributed by atoms with Gasteiger partial charge in [0, 0.05) is 20.4 Å². The number of phenols is 1. The first kappa shape index (κ1) is 11.7. The molecule has 0 heterocycles. The molecular formula is C10H14ORe. The fourth-order valence-electron chi connectivity index (χ4n) is 1.11. The van der Waals surface area contributed by atoms with Gasteiger partial charge in [0.05, 0.1) is 0 Å². The zero-order valence-electron chi connectivity index (χ0n) is 7.63. The van der Waals surface area contributed by atoms with E-state index in [9.17, 15) is 5.11 Å². The monoisotopic (exact) mass is 337 g/mol. The molecule has 0 aliphatic carbocycles. The van der Waals surface area contributed by atoms with E-state index in [1.807, 2.05) is 18.2 Å². The van der Waals surface area contributed by atoms with Crippen LogP contribution in [0.5, 0.6) is 5.75 Å². The van der Waals surface area contributed by atoms with E-state index in [4.69, 9.17) is 0 Å². The molecule has 1 aromatic rings. The predicted molar refractivity (Wildman–Crippen MR) is 46.8 cm³/mol. The molecule has 0 aromatic heterocycles. The number of hydrogen-bond acceptors (Lipinski definition) is 1. The number of rotatable bonds is 0. The number of phenolic OH excluding ortho intramolecular Hbond substituents is 1. The average molecular weight is 336 g/mol. The SMILES string of the molecule is CC(C)(C)c1ccccc1O.[Re]. The van der Waals surface area contributed by atoms with E-state index >= 15 is 0 Å². The Hall–Kier alpha value is -0.318. The van der Waals surface area contributed by atoms with Crippen molar-refractivity contribution in [1.82, 2.24) is 0 Å². The zero-order chi connectivity index (χ0) is 8.48. The Morgan fingerprint density at radius 3 is 1.92 bits per heavy atom. The Labute approximate surface area is 87.5 Å². The van der Waals surface area contributed by atoms with Crippen molar-refractivity contribution in [2.45, 2.75) is 26.2 Å². The molecule has 0 fully saturated rings. The minimum absolute atomic E-state index is 0. The molecule has 1 N–H and O–H groups in total. The van der Waals surface area contributed by atoms with Crippen molar-refractivity contribution in [3.8, 4) is 5.75 Å². The minimum Gasteiger partial charge on any atom is -0.508 e. The average Bonchev–Trinajstić information content (AvgIpc) is 1.86. The van der Waals surface area contributed by atoms with Crippen molar-refractivity contribution in [3.63, 3.8) is 0 Å². The standard InChI is InChI=1S/C10H14O.Re/c1-10(2,3)8-6-4-5-7-9(8)11;/h4-7,11H,1-3H3;. The Balaban J connectivity index is 0.00000121. The molecule has 0 amide bonds. The van der Waals surface area contributed by atoms with Crippen molar-refractivity contribution < 1.29 is 25.5 Å². The van der Waals surface area contributed by atoms with Gasteiger partial charge in [0.25, 0.3) is 0 Å². The maximum Gasteiger partial charge on any atom is 0.119 e. The van der Waals surface area contributed by atoms with Crippen LogP contribution in [-0.2, 0) is 25.8 Å². The van der Waals surface area contributed by atoms with E-state index in [1.165, 1.54) is 0 Å². The van der Waals surface area contributed by atoms with Crippen LogP contribution < -0.4 is 0 Å². The van der Waals surface area contributed by atoms with Crippen LogP contribution in [-0.4, -0.2) is 5.11 Å². The van der Waals surface area contributed by atoms with Gasteiger partial charge in [-0.25, -0.2) is 0 Å². The zero-order valence-corrected chi connectivity index (χ0v) is 10.4. The maximum atomic E-state index is 9.45. The summed E-state index contributed by atoms with van der Waals surface area (Å²) in [5, 5.41) is 9.45. The van der Waals surface area contributed by atoms with Crippen molar-refractivity contribution in [2.24, 2.45) is 0 Å². The topological polar surface area (TPSA) is 20.2 Å². The predicted octanol–water partition coefficient (Wildman–Crippen LogP) is 2.69. The van der Waals surface area contributed by atoms with Crippen molar-refractivity contribution in [1.29, 1.82) is 0 Å². The minimum atomic E-state index is 0. The summed E-state index contributed by atoms with van der Waals surface area (Å²) in [4.78, 5) is 0. The van der Waals surface area contributed by atoms with Gasteiger partial charge in [0.1, 0.15) is 5.75 Å². The smallest absolute Gasteiger partial charge is 0.119 e. The third-order valence-corrected chi connectivity index (χ3v) is 1.71. The first-order valence-electron chi connectivity index (χ1n) is 3.80. The third kappa shape index (κ3) is 2.62. The first-order chi connectivity index (χ1) is 5.02. The van der Waals surface area contributed by atoms with Crippen LogP contribution in [0.1, 0.15) is 26.3 Å². The molecule has 0 bridgehead atoms. The van der Waals surface area contributed by atoms with Crippen LogP contribution >= 0.6 is 0 Å². The number of benzene rings is 1. The van der Waals surface area contributed by atoms with E-state index in [-0.39, 0.29) is 25.8 Å². The van der Waals surface area contributed by atoms with Crippen LogP contribution in [0.2, 0.25) is 0 Å². The third-order valence-electron chi connectivity index (χ3n) is 1.71. The van der Waals surface area contributed by atoms with Gasteiger partial charge >= 0.3 is 0 Å². The second-order valence-corrected chi connectivity index (χ2v) is 3.77. The second-order valence-electron chi connectivity index (χ2n) is 3.77. The molecule has 0 atom stereocenters. The summed E-state index contributed by atoms with van der Waals surface area (Å²) in [6.07, 6.45) is 0. The van der Waals surface area contributed by atoms with Gasteiger partial charge in [0.15, 0.2) is 0 Å². The molecular weight excluding hydrogens is 322 g/mol. The van der Waals surface area contributed by atoms with Crippen LogP contribution in [0.4, 0.5) is 0 Å². The van der Waals surface area contributed by atoms with Gasteiger partial charge in [-0.1, -0.05) is 39.0 Å². The van der Waals surface area contributed by atoms with Gasteiger partial charge in [-0.2, -0.15) is 0 Å². The quantitative estimate of drug-likeness (QED) is 0.772. The summed E-state index contributed by atoms with van der Waals surface area (Å²) in [6.45, 7) is 6.26. The Bertz CT molecular complexity index is 250. The van der Waals surface area contributed by atoms with Crippen LogP contribution in [0.25, 0.3) is 0 Å². The summed E-state index contributed by atoms with van der Waals surface area (Å²) >= 11 is 0. The van der Waals surface area contributed by atoms with E-state index < -0.39 is 0 Å².